The van der Waals surface area contributed by atoms with Crippen LogP contribution in [0.15, 0.2) is 24.3 Å². The maximum Gasteiger partial charge on any atom is 0.325 e. The first-order valence-electron chi connectivity index (χ1n) is 9.68. The van der Waals surface area contributed by atoms with Gasteiger partial charge in [0.15, 0.2) is 0 Å². The zero-order valence-electron chi connectivity index (χ0n) is 16.8. The molecule has 2 amide bonds. The topological polar surface area (TPSA) is 109 Å². The molecule has 0 unspecified atom stereocenters. The summed E-state index contributed by atoms with van der Waals surface area (Å²) in [5.74, 6) is -0.274. The van der Waals surface area contributed by atoms with Crippen LogP contribution in [0.3, 0.4) is 0 Å². The third kappa shape index (κ3) is 6.79. The van der Waals surface area contributed by atoms with Gasteiger partial charge in [0.05, 0.1) is 25.9 Å². The van der Waals surface area contributed by atoms with Gasteiger partial charge in [-0.1, -0.05) is 0 Å². The second-order valence-corrected chi connectivity index (χ2v) is 7.10. The Kier molecular flexibility index (Phi) is 8.46. The predicted octanol–water partition coefficient (Wildman–Crippen LogP) is 2.76. The van der Waals surface area contributed by atoms with E-state index in [1.54, 1.807) is 24.3 Å². The monoisotopic (exact) mass is 401 g/mol. The SMILES string of the molecule is COC(=O)CCC1CCC(NC(=O)N(CC(=O)OC)c2ccc(C#N)cc2)CC1. The lowest BCUT2D eigenvalue weighted by Crippen LogP contribution is -2.48. The van der Waals surface area contributed by atoms with E-state index >= 15 is 0 Å². The summed E-state index contributed by atoms with van der Waals surface area (Å²) in [6.45, 7) is -0.220. The number of amides is 2. The number of esters is 2. The van der Waals surface area contributed by atoms with Crippen LogP contribution in [0.4, 0.5) is 10.5 Å². The van der Waals surface area contributed by atoms with E-state index in [1.807, 2.05) is 6.07 Å². The van der Waals surface area contributed by atoms with Gasteiger partial charge in [-0.2, -0.15) is 5.26 Å². The molecule has 0 atom stereocenters. The summed E-state index contributed by atoms with van der Waals surface area (Å²) in [5, 5.41) is 11.9. The van der Waals surface area contributed by atoms with Gasteiger partial charge in [-0.25, -0.2) is 4.79 Å². The molecule has 0 radical (unpaired) electrons. The Labute approximate surface area is 170 Å². The highest BCUT2D eigenvalue weighted by molar-refractivity contribution is 5.96. The highest BCUT2D eigenvalue weighted by atomic mass is 16.5. The number of ether oxygens (including phenoxy) is 2. The van der Waals surface area contributed by atoms with Crippen LogP contribution < -0.4 is 10.2 Å². The molecule has 1 aliphatic carbocycles. The summed E-state index contributed by atoms with van der Waals surface area (Å²) in [4.78, 5) is 37.2. The first-order valence-corrected chi connectivity index (χ1v) is 9.68. The molecule has 8 heteroatoms. The highest BCUT2D eigenvalue weighted by Gasteiger charge is 2.26. The third-order valence-corrected chi connectivity index (χ3v) is 5.23. The first kappa shape index (κ1) is 22.2. The molecule has 156 valence electrons. The van der Waals surface area contributed by atoms with Gasteiger partial charge in [-0.05, 0) is 62.3 Å². The molecule has 1 saturated carbocycles. The molecule has 29 heavy (non-hydrogen) atoms. The van der Waals surface area contributed by atoms with Crippen LogP contribution in [0.1, 0.15) is 44.1 Å². The number of carbonyl (C=O) groups is 3. The molecule has 0 aliphatic heterocycles. The van der Waals surface area contributed by atoms with E-state index in [0.29, 0.717) is 23.6 Å². The molecule has 0 saturated heterocycles. The number of urea groups is 1. The van der Waals surface area contributed by atoms with Crippen LogP contribution in [-0.2, 0) is 19.1 Å². The Hall–Kier alpha value is -3.08. The van der Waals surface area contributed by atoms with Crippen molar-refractivity contribution in [2.24, 2.45) is 5.92 Å². The van der Waals surface area contributed by atoms with Crippen LogP contribution in [0.25, 0.3) is 0 Å². The van der Waals surface area contributed by atoms with Gasteiger partial charge >= 0.3 is 18.0 Å². The number of hydrogen-bond donors (Lipinski definition) is 1. The van der Waals surface area contributed by atoms with E-state index in [2.05, 4.69) is 10.1 Å². The molecule has 8 nitrogen and oxygen atoms in total. The van der Waals surface area contributed by atoms with Crippen LogP contribution in [0, 0.1) is 17.2 Å². The Bertz CT molecular complexity index is 749. The summed E-state index contributed by atoms with van der Waals surface area (Å²) in [6, 6.07) is 8.11. The minimum absolute atomic E-state index is 0.00963. The Morgan fingerprint density at radius 1 is 1.07 bits per heavy atom. The van der Waals surface area contributed by atoms with Crippen molar-refractivity contribution < 1.29 is 23.9 Å². The van der Waals surface area contributed by atoms with E-state index in [4.69, 9.17) is 10.00 Å². The standard InChI is InChI=1S/C21H27N3O5/c1-28-19(25)12-7-15-3-8-17(9-4-15)23-21(27)24(14-20(26)29-2)18-10-5-16(13-22)6-11-18/h5-6,10-11,15,17H,3-4,7-9,12,14H2,1-2H3,(H,23,27). The Balaban J connectivity index is 1.94. The van der Waals surface area contributed by atoms with Gasteiger partial charge in [0, 0.05) is 18.2 Å². The van der Waals surface area contributed by atoms with Crippen LogP contribution in [0.5, 0.6) is 0 Å². The van der Waals surface area contributed by atoms with Crippen LogP contribution >= 0.6 is 0 Å². The maximum absolute atomic E-state index is 12.8. The Morgan fingerprint density at radius 2 is 1.69 bits per heavy atom. The van der Waals surface area contributed by atoms with E-state index in [-0.39, 0.29) is 24.6 Å². The average molecular weight is 401 g/mol. The summed E-state index contributed by atoms with van der Waals surface area (Å²) in [5.41, 5.74) is 0.983. The lowest BCUT2D eigenvalue weighted by molar-refractivity contribution is -0.141. The molecule has 1 fully saturated rings. The number of rotatable bonds is 7. The fraction of sp³-hybridized carbons (Fsp3) is 0.524. The van der Waals surface area contributed by atoms with Crippen molar-refractivity contribution in [3.8, 4) is 6.07 Å². The van der Waals surface area contributed by atoms with E-state index in [0.717, 1.165) is 32.1 Å². The van der Waals surface area contributed by atoms with Gasteiger partial charge in [0.2, 0.25) is 0 Å². The molecule has 1 aromatic rings. The molecule has 0 spiro atoms. The fourth-order valence-electron chi connectivity index (χ4n) is 3.46. The molecule has 0 bridgehead atoms. The summed E-state index contributed by atoms with van der Waals surface area (Å²) >= 11 is 0. The molecule has 0 aromatic heterocycles. The smallest absolute Gasteiger partial charge is 0.325 e. The molecular formula is C21H27N3O5. The predicted molar refractivity (Wildman–Crippen MR) is 106 cm³/mol. The van der Waals surface area contributed by atoms with Crippen LogP contribution in [-0.4, -0.2) is 44.8 Å². The lowest BCUT2D eigenvalue weighted by Gasteiger charge is -2.31. The van der Waals surface area contributed by atoms with Gasteiger partial charge in [0.1, 0.15) is 6.54 Å². The van der Waals surface area contributed by atoms with Crippen LogP contribution in [0.2, 0.25) is 0 Å². The molecular weight excluding hydrogens is 374 g/mol. The van der Waals surface area contributed by atoms with Crippen molar-refractivity contribution in [1.82, 2.24) is 5.32 Å². The molecule has 2 rings (SSSR count). The highest BCUT2D eigenvalue weighted by Crippen LogP contribution is 2.28. The second kappa shape index (κ2) is 11.1. The molecule has 1 N–H and O–H groups in total. The van der Waals surface area contributed by atoms with Crippen molar-refractivity contribution in [3.63, 3.8) is 0 Å². The quantitative estimate of drug-likeness (QED) is 0.704. The number of nitrogens with one attached hydrogen (secondary N) is 1. The van der Waals surface area contributed by atoms with Gasteiger partial charge in [0.25, 0.3) is 0 Å². The fourth-order valence-corrected chi connectivity index (χ4v) is 3.46. The van der Waals surface area contributed by atoms with Gasteiger partial charge in [-0.3, -0.25) is 14.5 Å². The zero-order chi connectivity index (χ0) is 21.2. The number of nitriles is 1. The normalized spacial score (nSPS) is 18.2. The largest absolute Gasteiger partial charge is 0.469 e. The van der Waals surface area contributed by atoms with Crippen molar-refractivity contribution in [1.29, 1.82) is 5.26 Å². The summed E-state index contributed by atoms with van der Waals surface area (Å²) in [6.07, 6.45) is 4.70. The van der Waals surface area contributed by atoms with E-state index in [9.17, 15) is 14.4 Å². The van der Waals surface area contributed by atoms with Gasteiger partial charge in [-0.15, -0.1) is 0 Å². The minimum Gasteiger partial charge on any atom is -0.469 e. The average Bonchev–Trinajstić information content (AvgIpc) is 2.76. The molecule has 0 heterocycles. The summed E-state index contributed by atoms with van der Waals surface area (Å²) < 4.78 is 9.39. The number of hydrogen-bond acceptors (Lipinski definition) is 6. The lowest BCUT2D eigenvalue weighted by atomic mass is 9.83. The second-order valence-electron chi connectivity index (χ2n) is 7.10. The summed E-state index contributed by atoms with van der Waals surface area (Å²) in [7, 11) is 2.66. The van der Waals surface area contributed by atoms with E-state index < -0.39 is 5.97 Å². The number of methoxy groups -OCH3 is 2. The van der Waals surface area contributed by atoms with E-state index in [1.165, 1.54) is 19.1 Å². The third-order valence-electron chi connectivity index (χ3n) is 5.23. The minimum atomic E-state index is -0.531. The number of anilines is 1. The Morgan fingerprint density at radius 3 is 2.24 bits per heavy atom. The maximum atomic E-state index is 12.8. The van der Waals surface area contributed by atoms with Crippen molar-refractivity contribution in [2.75, 3.05) is 25.7 Å². The van der Waals surface area contributed by atoms with Crippen molar-refractivity contribution in [2.45, 2.75) is 44.6 Å². The number of benzene rings is 1. The number of carbonyl (C=O) groups excluding carboxylic acids is 3. The molecule has 1 aromatic carbocycles. The van der Waals surface area contributed by atoms with Crippen molar-refractivity contribution >= 4 is 23.7 Å². The number of nitrogens with zero attached hydrogens (tertiary/aromatic N) is 2. The first-order chi connectivity index (χ1) is 14.0. The van der Waals surface area contributed by atoms with Crippen molar-refractivity contribution in [3.05, 3.63) is 29.8 Å². The molecule has 1 aliphatic rings. The van der Waals surface area contributed by atoms with Gasteiger partial charge < -0.3 is 14.8 Å². The zero-order valence-corrected chi connectivity index (χ0v) is 16.8.